The molecule has 3 nitrogen and oxygen atoms in total. The lowest BCUT2D eigenvalue weighted by atomic mass is 9.98. The van der Waals surface area contributed by atoms with E-state index >= 15 is 0 Å². The summed E-state index contributed by atoms with van der Waals surface area (Å²) in [6.07, 6.45) is 2.95. The Morgan fingerprint density at radius 2 is 2.06 bits per heavy atom. The first-order valence-corrected chi connectivity index (χ1v) is 6.30. The van der Waals surface area contributed by atoms with Crippen LogP contribution in [0.3, 0.4) is 0 Å². The molecule has 18 heavy (non-hydrogen) atoms. The van der Waals surface area contributed by atoms with E-state index in [2.05, 4.69) is 31.1 Å². The van der Waals surface area contributed by atoms with E-state index in [1.165, 1.54) is 5.56 Å². The molecule has 2 aromatic rings. The van der Waals surface area contributed by atoms with Crippen LogP contribution in [0, 0.1) is 13.8 Å². The quantitative estimate of drug-likeness (QED) is 0.898. The van der Waals surface area contributed by atoms with Gasteiger partial charge in [-0.25, -0.2) is 0 Å². The van der Waals surface area contributed by atoms with Gasteiger partial charge in [0, 0.05) is 18.9 Å². The monoisotopic (exact) mass is 244 g/mol. The number of benzene rings is 1. The average molecular weight is 244 g/mol. The molecular formula is C15H20N2O. The Hall–Kier alpha value is -1.61. The molecule has 0 radical (unpaired) electrons. The van der Waals surface area contributed by atoms with E-state index in [0.29, 0.717) is 0 Å². The lowest BCUT2D eigenvalue weighted by Crippen LogP contribution is -2.05. The van der Waals surface area contributed by atoms with Crippen LogP contribution in [0.15, 0.2) is 30.5 Å². The third-order valence-electron chi connectivity index (χ3n) is 3.38. The van der Waals surface area contributed by atoms with Crippen molar-refractivity contribution in [3.05, 3.63) is 52.8 Å². The summed E-state index contributed by atoms with van der Waals surface area (Å²) in [5, 5.41) is 14.4. The lowest BCUT2D eigenvalue weighted by Gasteiger charge is -2.14. The number of aliphatic hydroxyl groups excluding tert-OH is 1. The maximum Gasteiger partial charge on any atom is 0.0796 e. The zero-order valence-electron chi connectivity index (χ0n) is 11.2. The van der Waals surface area contributed by atoms with Gasteiger partial charge in [0.15, 0.2) is 0 Å². The predicted octanol–water partition coefficient (Wildman–Crippen LogP) is 2.70. The standard InChI is InChI=1S/C15H20N2O/c1-11-4-6-14(12(2)10-11)15(18)7-5-13-8-9-16-17(13)3/h4,6,8-10,15,18H,5,7H2,1-3H3. The van der Waals surface area contributed by atoms with Gasteiger partial charge in [0.25, 0.3) is 0 Å². The van der Waals surface area contributed by atoms with Crippen LogP contribution in [0.5, 0.6) is 0 Å². The molecule has 96 valence electrons. The molecular weight excluding hydrogens is 224 g/mol. The van der Waals surface area contributed by atoms with Crippen LogP contribution < -0.4 is 0 Å². The fraction of sp³-hybridized carbons (Fsp3) is 0.400. The first kappa shape index (κ1) is 12.8. The Morgan fingerprint density at radius 3 is 2.67 bits per heavy atom. The van der Waals surface area contributed by atoms with E-state index in [1.807, 2.05) is 23.9 Å². The largest absolute Gasteiger partial charge is 0.388 e. The highest BCUT2D eigenvalue weighted by Crippen LogP contribution is 2.23. The number of aromatic nitrogens is 2. The van der Waals surface area contributed by atoms with Crippen molar-refractivity contribution in [1.29, 1.82) is 0 Å². The fourth-order valence-electron chi connectivity index (χ4n) is 2.29. The molecule has 2 rings (SSSR count). The molecule has 1 heterocycles. The van der Waals surface area contributed by atoms with Gasteiger partial charge in [0.05, 0.1) is 6.10 Å². The highest BCUT2D eigenvalue weighted by Gasteiger charge is 2.11. The zero-order chi connectivity index (χ0) is 13.1. The molecule has 1 atom stereocenters. The molecule has 0 spiro atoms. The fourth-order valence-corrected chi connectivity index (χ4v) is 2.29. The first-order valence-electron chi connectivity index (χ1n) is 6.30. The molecule has 0 saturated carbocycles. The highest BCUT2D eigenvalue weighted by atomic mass is 16.3. The predicted molar refractivity (Wildman–Crippen MR) is 72.4 cm³/mol. The summed E-state index contributed by atoms with van der Waals surface area (Å²) in [7, 11) is 1.93. The van der Waals surface area contributed by atoms with Crippen molar-refractivity contribution in [3.63, 3.8) is 0 Å². The maximum atomic E-state index is 10.3. The molecule has 0 aliphatic heterocycles. The molecule has 0 amide bonds. The molecule has 1 unspecified atom stereocenters. The van der Waals surface area contributed by atoms with E-state index in [0.717, 1.165) is 29.7 Å². The summed E-state index contributed by atoms with van der Waals surface area (Å²) in [6, 6.07) is 8.19. The van der Waals surface area contributed by atoms with Gasteiger partial charge < -0.3 is 5.11 Å². The van der Waals surface area contributed by atoms with Gasteiger partial charge >= 0.3 is 0 Å². The minimum Gasteiger partial charge on any atom is -0.388 e. The second-order valence-electron chi connectivity index (χ2n) is 4.86. The van der Waals surface area contributed by atoms with Crippen LogP contribution >= 0.6 is 0 Å². The van der Waals surface area contributed by atoms with Crippen molar-refractivity contribution in [2.45, 2.75) is 32.8 Å². The normalized spacial score (nSPS) is 12.7. The number of aryl methyl sites for hydroxylation is 4. The first-order chi connectivity index (χ1) is 8.58. The molecule has 0 aliphatic carbocycles. The SMILES string of the molecule is Cc1ccc(C(O)CCc2ccnn2C)c(C)c1. The molecule has 0 aliphatic rings. The molecule has 0 fully saturated rings. The molecule has 1 N–H and O–H groups in total. The van der Waals surface area contributed by atoms with E-state index in [4.69, 9.17) is 0 Å². The van der Waals surface area contributed by atoms with Gasteiger partial charge in [-0.2, -0.15) is 5.10 Å². The number of aliphatic hydroxyl groups is 1. The highest BCUT2D eigenvalue weighted by molar-refractivity contribution is 5.32. The molecule has 3 heteroatoms. The number of hydrogen-bond acceptors (Lipinski definition) is 2. The molecule has 0 saturated heterocycles. The second kappa shape index (κ2) is 5.36. The van der Waals surface area contributed by atoms with Gasteiger partial charge in [0.1, 0.15) is 0 Å². The number of hydrogen-bond donors (Lipinski definition) is 1. The van der Waals surface area contributed by atoms with E-state index < -0.39 is 6.10 Å². The maximum absolute atomic E-state index is 10.3. The van der Waals surface area contributed by atoms with Crippen LogP contribution in [-0.2, 0) is 13.5 Å². The Bertz CT molecular complexity index is 531. The Morgan fingerprint density at radius 1 is 1.28 bits per heavy atom. The topological polar surface area (TPSA) is 38.1 Å². The Balaban J connectivity index is 2.03. The van der Waals surface area contributed by atoms with Crippen LogP contribution in [0.2, 0.25) is 0 Å². The summed E-state index contributed by atoms with van der Waals surface area (Å²) in [5.41, 5.74) is 4.57. The molecule has 0 bridgehead atoms. The minimum atomic E-state index is -0.402. The summed E-state index contributed by atoms with van der Waals surface area (Å²) >= 11 is 0. The van der Waals surface area contributed by atoms with Crippen molar-refractivity contribution in [2.24, 2.45) is 7.05 Å². The summed E-state index contributed by atoms with van der Waals surface area (Å²) < 4.78 is 1.86. The smallest absolute Gasteiger partial charge is 0.0796 e. The summed E-state index contributed by atoms with van der Waals surface area (Å²) in [4.78, 5) is 0. The third kappa shape index (κ3) is 2.79. The van der Waals surface area contributed by atoms with Crippen molar-refractivity contribution in [2.75, 3.05) is 0 Å². The average Bonchev–Trinajstić information content (AvgIpc) is 2.72. The molecule has 1 aromatic heterocycles. The Kier molecular flexibility index (Phi) is 3.82. The summed E-state index contributed by atoms with van der Waals surface area (Å²) in [6.45, 7) is 4.12. The van der Waals surface area contributed by atoms with Crippen molar-refractivity contribution in [3.8, 4) is 0 Å². The van der Waals surface area contributed by atoms with Gasteiger partial charge in [-0.15, -0.1) is 0 Å². The van der Waals surface area contributed by atoms with Crippen molar-refractivity contribution >= 4 is 0 Å². The van der Waals surface area contributed by atoms with E-state index in [1.54, 1.807) is 6.20 Å². The third-order valence-corrected chi connectivity index (χ3v) is 3.38. The van der Waals surface area contributed by atoms with Crippen LogP contribution in [0.4, 0.5) is 0 Å². The second-order valence-corrected chi connectivity index (χ2v) is 4.86. The minimum absolute atomic E-state index is 0.402. The van der Waals surface area contributed by atoms with Crippen LogP contribution in [0.1, 0.15) is 34.9 Å². The Labute approximate surface area is 108 Å². The van der Waals surface area contributed by atoms with Gasteiger partial charge in [-0.3, -0.25) is 4.68 Å². The van der Waals surface area contributed by atoms with Crippen LogP contribution in [-0.4, -0.2) is 14.9 Å². The van der Waals surface area contributed by atoms with Crippen molar-refractivity contribution in [1.82, 2.24) is 9.78 Å². The number of nitrogens with zero attached hydrogens (tertiary/aromatic N) is 2. The van der Waals surface area contributed by atoms with Crippen LogP contribution in [0.25, 0.3) is 0 Å². The van der Waals surface area contributed by atoms with Crippen molar-refractivity contribution < 1.29 is 5.11 Å². The van der Waals surface area contributed by atoms with Gasteiger partial charge in [0.2, 0.25) is 0 Å². The zero-order valence-corrected chi connectivity index (χ0v) is 11.2. The van der Waals surface area contributed by atoms with Gasteiger partial charge in [-0.05, 0) is 43.9 Å². The van der Waals surface area contributed by atoms with Gasteiger partial charge in [-0.1, -0.05) is 23.8 Å². The van der Waals surface area contributed by atoms with E-state index in [9.17, 15) is 5.11 Å². The molecule has 1 aromatic carbocycles. The van der Waals surface area contributed by atoms with E-state index in [-0.39, 0.29) is 0 Å². The summed E-state index contributed by atoms with van der Waals surface area (Å²) in [5.74, 6) is 0. The lowest BCUT2D eigenvalue weighted by molar-refractivity contribution is 0.166. The number of rotatable bonds is 4.